The van der Waals surface area contributed by atoms with Gasteiger partial charge in [0.15, 0.2) is 11.0 Å². The molecular weight excluding hydrogens is 497 g/mol. The van der Waals surface area contributed by atoms with Crippen LogP contribution in [0.3, 0.4) is 0 Å². The molecule has 2 aromatic carbocycles. The molecule has 3 rings (SSSR count). The van der Waals surface area contributed by atoms with Crippen molar-refractivity contribution in [3.63, 3.8) is 0 Å². The van der Waals surface area contributed by atoms with Crippen molar-refractivity contribution in [3.05, 3.63) is 76.6 Å². The van der Waals surface area contributed by atoms with E-state index in [9.17, 15) is 9.59 Å². The average molecular weight is 520 g/mol. The number of rotatable bonds is 10. The first kappa shape index (κ1) is 25.6. The second kappa shape index (κ2) is 11.9. The van der Waals surface area contributed by atoms with Gasteiger partial charge >= 0.3 is 0 Å². The Morgan fingerprint density at radius 1 is 1.24 bits per heavy atom. The Morgan fingerprint density at radius 2 is 2.00 bits per heavy atom. The van der Waals surface area contributed by atoms with Gasteiger partial charge in [0.2, 0.25) is 5.91 Å². The molecule has 0 aliphatic carbocycles. The van der Waals surface area contributed by atoms with Gasteiger partial charge in [0, 0.05) is 11.6 Å². The number of nitrogens with zero attached hydrogens (tertiary/aromatic N) is 3. The summed E-state index contributed by atoms with van der Waals surface area (Å²) in [6.45, 7) is 5.97. The summed E-state index contributed by atoms with van der Waals surface area (Å²) in [4.78, 5) is 25.2. The van der Waals surface area contributed by atoms with Crippen LogP contribution in [0, 0.1) is 0 Å². The van der Waals surface area contributed by atoms with Crippen molar-refractivity contribution < 1.29 is 14.3 Å². The second-order valence-corrected chi connectivity index (χ2v) is 8.88. The Hall–Kier alpha value is -3.01. The number of amides is 2. The van der Waals surface area contributed by atoms with Crippen LogP contribution >= 0.6 is 35.0 Å². The Balaban J connectivity index is 1.69. The fourth-order valence-corrected chi connectivity index (χ4v) is 4.35. The summed E-state index contributed by atoms with van der Waals surface area (Å²) in [6.07, 6.45) is 1.69. The first-order valence-electron chi connectivity index (χ1n) is 10.2. The lowest BCUT2D eigenvalue weighted by Crippen LogP contribution is -2.29. The van der Waals surface area contributed by atoms with Crippen molar-refractivity contribution >= 4 is 52.5 Å². The molecule has 0 unspecified atom stereocenters. The predicted molar refractivity (Wildman–Crippen MR) is 135 cm³/mol. The van der Waals surface area contributed by atoms with Crippen molar-refractivity contribution in [2.24, 2.45) is 0 Å². The highest BCUT2D eigenvalue weighted by Gasteiger charge is 2.21. The minimum atomic E-state index is -0.483. The number of allylic oxidation sites excluding steroid dienone is 1. The molecule has 2 N–H and O–H groups in total. The highest BCUT2D eigenvalue weighted by molar-refractivity contribution is 7.99. The Labute approximate surface area is 211 Å². The van der Waals surface area contributed by atoms with E-state index in [0.717, 1.165) is 0 Å². The molecule has 178 valence electrons. The quantitative estimate of drug-likeness (QED) is 0.288. The van der Waals surface area contributed by atoms with E-state index in [2.05, 4.69) is 27.4 Å². The zero-order valence-electron chi connectivity index (χ0n) is 18.5. The number of anilines is 1. The van der Waals surface area contributed by atoms with Crippen molar-refractivity contribution in [2.45, 2.75) is 24.7 Å². The summed E-state index contributed by atoms with van der Waals surface area (Å²) < 4.78 is 7.05. The molecule has 1 atom stereocenters. The molecule has 8 nitrogen and oxygen atoms in total. The van der Waals surface area contributed by atoms with E-state index < -0.39 is 6.04 Å². The monoisotopic (exact) mass is 519 g/mol. The molecule has 0 spiro atoms. The molecule has 1 heterocycles. The lowest BCUT2D eigenvalue weighted by Gasteiger charge is -2.16. The number of benzene rings is 2. The third-order valence-electron chi connectivity index (χ3n) is 4.68. The summed E-state index contributed by atoms with van der Waals surface area (Å²) in [5.74, 6) is 0.610. The van der Waals surface area contributed by atoms with Crippen LogP contribution in [0.25, 0.3) is 0 Å². The molecule has 1 aromatic heterocycles. The number of halogens is 2. The van der Waals surface area contributed by atoms with Crippen molar-refractivity contribution in [2.75, 3.05) is 18.2 Å². The van der Waals surface area contributed by atoms with E-state index in [1.165, 1.54) is 17.8 Å². The SMILES string of the molecule is C=CCn1c(SCC(=O)Nc2ccccc2OC)nnc1[C@@H](C)NC(=O)c1ccc(Cl)cc1Cl. The normalized spacial score (nSPS) is 11.5. The Morgan fingerprint density at radius 3 is 2.71 bits per heavy atom. The van der Waals surface area contributed by atoms with E-state index in [4.69, 9.17) is 27.9 Å². The number of aromatic nitrogens is 3. The highest BCUT2D eigenvalue weighted by Crippen LogP contribution is 2.26. The van der Waals surface area contributed by atoms with Gasteiger partial charge < -0.3 is 19.9 Å². The smallest absolute Gasteiger partial charge is 0.253 e. The largest absolute Gasteiger partial charge is 0.495 e. The fraction of sp³-hybridized carbons (Fsp3) is 0.217. The molecule has 0 saturated carbocycles. The Kier molecular flexibility index (Phi) is 8.98. The molecule has 0 aliphatic heterocycles. The molecule has 0 saturated heterocycles. The van der Waals surface area contributed by atoms with Gasteiger partial charge in [0.25, 0.3) is 5.91 Å². The molecule has 34 heavy (non-hydrogen) atoms. The number of thioether (sulfide) groups is 1. The lowest BCUT2D eigenvalue weighted by molar-refractivity contribution is -0.113. The topological polar surface area (TPSA) is 98.1 Å². The maximum atomic E-state index is 12.7. The Bertz CT molecular complexity index is 1200. The number of hydrogen-bond donors (Lipinski definition) is 2. The van der Waals surface area contributed by atoms with Gasteiger partial charge in [-0.25, -0.2) is 0 Å². The van der Waals surface area contributed by atoms with Crippen LogP contribution < -0.4 is 15.4 Å². The number of methoxy groups -OCH3 is 1. The minimum Gasteiger partial charge on any atom is -0.495 e. The van der Waals surface area contributed by atoms with Gasteiger partial charge in [-0.2, -0.15) is 0 Å². The highest BCUT2D eigenvalue weighted by atomic mass is 35.5. The molecule has 2 amide bonds. The van der Waals surface area contributed by atoms with Crippen molar-refractivity contribution in [3.8, 4) is 5.75 Å². The number of carbonyl (C=O) groups excluding carboxylic acids is 2. The standard InChI is InChI=1S/C23H23Cl2N5O3S/c1-4-11-30-21(14(2)26-22(32)16-10-9-15(24)12-17(16)25)28-29-23(30)34-13-20(31)27-18-7-5-6-8-19(18)33-3/h4-10,12,14H,1,11,13H2,2-3H3,(H,26,32)(H,27,31)/t14-/m1/s1. The third-order valence-corrected chi connectivity index (χ3v) is 6.20. The summed E-state index contributed by atoms with van der Waals surface area (Å²) in [7, 11) is 1.54. The van der Waals surface area contributed by atoms with Gasteiger partial charge in [0.05, 0.1) is 35.2 Å². The number of nitrogens with one attached hydrogen (secondary N) is 2. The summed E-state index contributed by atoms with van der Waals surface area (Å²) in [5, 5.41) is 15.3. The van der Waals surface area contributed by atoms with Gasteiger partial charge in [-0.15, -0.1) is 16.8 Å². The maximum absolute atomic E-state index is 12.7. The summed E-state index contributed by atoms with van der Waals surface area (Å²) >= 11 is 13.3. The van der Waals surface area contributed by atoms with Gasteiger partial charge in [0.1, 0.15) is 5.75 Å². The maximum Gasteiger partial charge on any atom is 0.253 e. The molecule has 3 aromatic rings. The average Bonchev–Trinajstić information content (AvgIpc) is 3.21. The molecule has 11 heteroatoms. The number of hydrogen-bond acceptors (Lipinski definition) is 6. The summed E-state index contributed by atoms with van der Waals surface area (Å²) in [5.41, 5.74) is 0.886. The molecule has 0 bridgehead atoms. The van der Waals surface area contributed by atoms with E-state index in [1.54, 1.807) is 48.9 Å². The molecular formula is C23H23Cl2N5O3S. The number of para-hydroxylation sites is 2. The van der Waals surface area contributed by atoms with E-state index in [0.29, 0.717) is 39.5 Å². The van der Waals surface area contributed by atoms with Crippen LogP contribution in [0.2, 0.25) is 10.0 Å². The van der Waals surface area contributed by atoms with Crippen LogP contribution in [0.1, 0.15) is 29.1 Å². The van der Waals surface area contributed by atoms with Crippen LogP contribution in [0.5, 0.6) is 5.75 Å². The molecule has 0 radical (unpaired) electrons. The molecule has 0 fully saturated rings. The summed E-state index contributed by atoms with van der Waals surface area (Å²) in [6, 6.07) is 11.3. The van der Waals surface area contributed by atoms with Gasteiger partial charge in [-0.05, 0) is 37.3 Å². The van der Waals surface area contributed by atoms with Gasteiger partial charge in [-0.3, -0.25) is 9.59 Å². The van der Waals surface area contributed by atoms with E-state index >= 15 is 0 Å². The first-order chi connectivity index (χ1) is 16.3. The third kappa shape index (κ3) is 6.31. The first-order valence-corrected chi connectivity index (χ1v) is 11.9. The van der Waals surface area contributed by atoms with E-state index in [1.807, 2.05) is 12.1 Å². The minimum absolute atomic E-state index is 0.106. The molecule has 0 aliphatic rings. The zero-order chi connectivity index (χ0) is 24.7. The second-order valence-electron chi connectivity index (χ2n) is 7.10. The van der Waals surface area contributed by atoms with Crippen molar-refractivity contribution in [1.82, 2.24) is 20.1 Å². The number of carbonyl (C=O) groups is 2. The lowest BCUT2D eigenvalue weighted by atomic mass is 10.2. The van der Waals surface area contributed by atoms with Crippen LogP contribution in [-0.4, -0.2) is 39.4 Å². The zero-order valence-corrected chi connectivity index (χ0v) is 20.9. The van der Waals surface area contributed by atoms with Crippen LogP contribution in [0.4, 0.5) is 5.69 Å². The fourth-order valence-electron chi connectivity index (χ4n) is 3.10. The van der Waals surface area contributed by atoms with Crippen molar-refractivity contribution in [1.29, 1.82) is 0 Å². The van der Waals surface area contributed by atoms with Crippen LogP contribution in [-0.2, 0) is 11.3 Å². The predicted octanol–water partition coefficient (Wildman–Crippen LogP) is 5.00. The van der Waals surface area contributed by atoms with E-state index in [-0.39, 0.29) is 22.6 Å². The van der Waals surface area contributed by atoms with Gasteiger partial charge in [-0.1, -0.05) is 53.2 Å². The number of ether oxygens (including phenoxy) is 1. The van der Waals surface area contributed by atoms with Crippen LogP contribution in [0.15, 0.2) is 60.3 Å².